The summed E-state index contributed by atoms with van der Waals surface area (Å²) in [7, 11) is 3.88. The quantitative estimate of drug-likeness (QED) is 0.415. The van der Waals surface area contributed by atoms with Crippen LogP contribution in [-0.2, 0) is 19.1 Å². The van der Waals surface area contributed by atoms with Crippen molar-refractivity contribution in [1.29, 1.82) is 0 Å². The number of nitrogens with zero attached hydrogens (tertiary/aromatic N) is 2. The lowest BCUT2D eigenvalue weighted by molar-refractivity contribution is -0.158. The van der Waals surface area contributed by atoms with Gasteiger partial charge in [-0.1, -0.05) is 43.7 Å². The van der Waals surface area contributed by atoms with E-state index in [0.717, 1.165) is 21.7 Å². The van der Waals surface area contributed by atoms with Crippen LogP contribution in [0.25, 0.3) is 0 Å². The van der Waals surface area contributed by atoms with Gasteiger partial charge in [0.1, 0.15) is 5.92 Å². The molecule has 31 heavy (non-hydrogen) atoms. The Kier molecular flexibility index (Phi) is 6.20. The van der Waals surface area contributed by atoms with Gasteiger partial charge in [0, 0.05) is 25.7 Å². The molecule has 1 aliphatic heterocycles. The van der Waals surface area contributed by atoms with Crippen LogP contribution in [-0.4, -0.2) is 38.5 Å². The monoisotopic (exact) mass is 422 g/mol. The number of hydrogen-bond acceptors (Lipinski definition) is 5. The lowest BCUT2D eigenvalue weighted by Crippen LogP contribution is -2.59. The van der Waals surface area contributed by atoms with Gasteiger partial charge in [0.25, 0.3) is 0 Å². The minimum absolute atomic E-state index is 0.161. The van der Waals surface area contributed by atoms with E-state index in [1.165, 1.54) is 0 Å². The third-order valence-electron chi connectivity index (χ3n) is 5.95. The summed E-state index contributed by atoms with van der Waals surface area (Å²) in [5.41, 5.74) is 2.23. The zero-order valence-electron chi connectivity index (χ0n) is 19.0. The fraction of sp³-hybridized carbons (Fsp3) is 0.400. The van der Waals surface area contributed by atoms with Crippen molar-refractivity contribution >= 4 is 29.2 Å². The van der Waals surface area contributed by atoms with E-state index in [4.69, 9.17) is 4.74 Å². The molecule has 164 valence electrons. The molecule has 0 radical (unpaired) electrons. The van der Waals surface area contributed by atoms with Crippen molar-refractivity contribution in [3.63, 3.8) is 0 Å². The number of hydrogen-bond donors (Lipinski definition) is 0. The molecule has 0 spiro atoms. The Morgan fingerprint density at radius 2 is 1.61 bits per heavy atom. The number of carbonyl (C=O) groups excluding carboxylic acids is 3. The van der Waals surface area contributed by atoms with E-state index in [9.17, 15) is 14.4 Å². The highest BCUT2D eigenvalue weighted by Crippen LogP contribution is 2.48. The average Bonchev–Trinajstić information content (AvgIpc) is 2.72. The van der Waals surface area contributed by atoms with Crippen LogP contribution in [0.5, 0.6) is 0 Å². The van der Waals surface area contributed by atoms with Gasteiger partial charge in [0.2, 0.25) is 11.8 Å². The molecule has 0 N–H and O–H groups in total. The number of imide groups is 1. The van der Waals surface area contributed by atoms with Gasteiger partial charge in [-0.3, -0.25) is 14.4 Å². The Morgan fingerprint density at radius 1 is 1.03 bits per heavy atom. The van der Waals surface area contributed by atoms with Crippen LogP contribution in [0.15, 0.2) is 48.5 Å². The first kappa shape index (κ1) is 22.5. The molecule has 2 aromatic carbocycles. The number of piperidine rings is 1. The molecule has 0 aromatic heterocycles. The third-order valence-corrected chi connectivity index (χ3v) is 5.95. The van der Waals surface area contributed by atoms with Crippen molar-refractivity contribution in [3.8, 4) is 0 Å². The SMILES string of the molecule is CCOC(=O)C1C(=O)N(c2ccc(C)cc2)C(=O)C(C)(C)C1c1ccc(N(C)C)cc1. The Morgan fingerprint density at radius 3 is 2.13 bits per heavy atom. The summed E-state index contributed by atoms with van der Waals surface area (Å²) >= 11 is 0. The zero-order valence-corrected chi connectivity index (χ0v) is 19.0. The average molecular weight is 423 g/mol. The maximum atomic E-state index is 13.6. The summed E-state index contributed by atoms with van der Waals surface area (Å²) in [5.74, 6) is -3.23. The molecule has 0 aliphatic carbocycles. The highest BCUT2D eigenvalue weighted by molar-refractivity contribution is 6.24. The Balaban J connectivity index is 2.13. The zero-order chi connectivity index (χ0) is 22.9. The fourth-order valence-corrected chi connectivity index (χ4v) is 4.22. The maximum Gasteiger partial charge on any atom is 0.319 e. The summed E-state index contributed by atoms with van der Waals surface area (Å²) in [5, 5.41) is 0. The van der Waals surface area contributed by atoms with Gasteiger partial charge in [-0.25, -0.2) is 4.90 Å². The first-order valence-electron chi connectivity index (χ1n) is 10.5. The molecule has 6 nitrogen and oxygen atoms in total. The summed E-state index contributed by atoms with van der Waals surface area (Å²) in [6, 6.07) is 14.8. The number of anilines is 2. The van der Waals surface area contributed by atoms with Crippen LogP contribution in [0.1, 0.15) is 37.8 Å². The smallest absolute Gasteiger partial charge is 0.319 e. The third kappa shape index (κ3) is 4.07. The molecular formula is C25H30N2O4. The molecule has 2 atom stereocenters. The van der Waals surface area contributed by atoms with Crippen LogP contribution in [0.2, 0.25) is 0 Å². The molecular weight excluding hydrogens is 392 g/mol. The van der Waals surface area contributed by atoms with Crippen LogP contribution in [0, 0.1) is 18.3 Å². The van der Waals surface area contributed by atoms with Crippen molar-refractivity contribution < 1.29 is 19.1 Å². The van der Waals surface area contributed by atoms with Crippen molar-refractivity contribution in [2.75, 3.05) is 30.5 Å². The standard InChI is InChI=1S/C25H30N2O4/c1-7-31-23(29)20-21(17-10-14-18(15-11-17)26(5)6)25(3,4)24(30)27(22(20)28)19-12-8-16(2)9-13-19/h8-15,20-21H,7H2,1-6H3. The minimum atomic E-state index is -1.11. The molecule has 1 saturated heterocycles. The van der Waals surface area contributed by atoms with E-state index in [-0.39, 0.29) is 12.5 Å². The van der Waals surface area contributed by atoms with Crippen LogP contribution in [0.4, 0.5) is 11.4 Å². The van der Waals surface area contributed by atoms with E-state index < -0.39 is 29.1 Å². The molecule has 1 fully saturated rings. The number of aryl methyl sites for hydroxylation is 1. The van der Waals surface area contributed by atoms with E-state index in [0.29, 0.717) is 5.69 Å². The summed E-state index contributed by atoms with van der Waals surface area (Å²) in [6.07, 6.45) is 0. The number of esters is 1. The molecule has 2 amide bonds. The molecule has 0 bridgehead atoms. The van der Waals surface area contributed by atoms with Gasteiger partial charge in [-0.05, 0) is 43.7 Å². The minimum Gasteiger partial charge on any atom is -0.465 e. The lowest BCUT2D eigenvalue weighted by Gasteiger charge is -2.45. The first-order chi connectivity index (χ1) is 14.6. The number of ether oxygens (including phenoxy) is 1. The fourth-order valence-electron chi connectivity index (χ4n) is 4.22. The van der Waals surface area contributed by atoms with Crippen LogP contribution < -0.4 is 9.80 Å². The molecule has 1 heterocycles. The molecule has 6 heteroatoms. The van der Waals surface area contributed by atoms with Crippen molar-refractivity contribution in [2.24, 2.45) is 11.3 Å². The number of carbonyl (C=O) groups is 3. The molecule has 3 rings (SSSR count). The Bertz CT molecular complexity index is 978. The van der Waals surface area contributed by atoms with Gasteiger partial charge in [-0.15, -0.1) is 0 Å². The van der Waals surface area contributed by atoms with Crippen molar-refractivity contribution in [3.05, 3.63) is 59.7 Å². The van der Waals surface area contributed by atoms with Gasteiger partial charge < -0.3 is 9.64 Å². The lowest BCUT2D eigenvalue weighted by atomic mass is 9.64. The van der Waals surface area contributed by atoms with Crippen LogP contribution >= 0.6 is 0 Å². The number of amides is 2. The second kappa shape index (κ2) is 8.53. The van der Waals surface area contributed by atoms with Gasteiger partial charge in [0.15, 0.2) is 0 Å². The second-order valence-electron chi connectivity index (χ2n) is 8.73. The van der Waals surface area contributed by atoms with Crippen molar-refractivity contribution in [1.82, 2.24) is 0 Å². The largest absolute Gasteiger partial charge is 0.465 e. The van der Waals surface area contributed by atoms with Gasteiger partial charge in [0.05, 0.1) is 17.7 Å². The maximum absolute atomic E-state index is 13.6. The Labute approximate surface area is 183 Å². The van der Waals surface area contributed by atoms with E-state index in [1.807, 2.05) is 62.3 Å². The number of benzene rings is 2. The number of rotatable bonds is 5. The highest BCUT2D eigenvalue weighted by atomic mass is 16.5. The van der Waals surface area contributed by atoms with E-state index in [1.54, 1.807) is 32.9 Å². The molecule has 2 unspecified atom stereocenters. The summed E-state index contributed by atoms with van der Waals surface area (Å²) in [4.78, 5) is 43.3. The van der Waals surface area contributed by atoms with E-state index >= 15 is 0 Å². The Hall–Kier alpha value is -3.15. The predicted octanol–water partition coefficient (Wildman–Crippen LogP) is 3.92. The molecule has 2 aromatic rings. The first-order valence-corrected chi connectivity index (χ1v) is 10.5. The predicted molar refractivity (Wildman–Crippen MR) is 121 cm³/mol. The van der Waals surface area contributed by atoms with Crippen molar-refractivity contribution in [2.45, 2.75) is 33.6 Å². The summed E-state index contributed by atoms with van der Waals surface area (Å²) in [6.45, 7) is 7.38. The molecule has 0 saturated carbocycles. The highest BCUT2D eigenvalue weighted by Gasteiger charge is 2.57. The normalized spacial score (nSPS) is 20.5. The van der Waals surface area contributed by atoms with Gasteiger partial charge in [-0.2, -0.15) is 0 Å². The van der Waals surface area contributed by atoms with Crippen LogP contribution in [0.3, 0.4) is 0 Å². The summed E-state index contributed by atoms with van der Waals surface area (Å²) < 4.78 is 5.29. The van der Waals surface area contributed by atoms with Gasteiger partial charge >= 0.3 is 5.97 Å². The van der Waals surface area contributed by atoms with E-state index in [2.05, 4.69) is 0 Å². The topological polar surface area (TPSA) is 66.9 Å². The second-order valence-corrected chi connectivity index (χ2v) is 8.73. The molecule has 1 aliphatic rings.